The van der Waals surface area contributed by atoms with Crippen LogP contribution < -0.4 is 15.9 Å². The zero-order valence-electron chi connectivity index (χ0n) is 19.3. The quantitative estimate of drug-likeness (QED) is 0.506. The van der Waals surface area contributed by atoms with Crippen LogP contribution in [0.4, 0.5) is 4.39 Å². The molecule has 1 aliphatic rings. The first-order valence-electron chi connectivity index (χ1n) is 9.81. The monoisotopic (exact) mass is 429 g/mol. The van der Waals surface area contributed by atoms with E-state index >= 15 is 0 Å². The van der Waals surface area contributed by atoms with Crippen molar-refractivity contribution in [1.29, 1.82) is 0 Å². The lowest BCUT2D eigenvalue weighted by molar-refractivity contribution is -0.0980. The Morgan fingerprint density at radius 3 is 2.07 bits per heavy atom. The minimum Gasteiger partial charge on any atom is -0.491 e. The zero-order chi connectivity index (χ0) is 23.6. The lowest BCUT2D eigenvalue weighted by Crippen LogP contribution is -2.41. The molecule has 1 aromatic rings. The van der Waals surface area contributed by atoms with Crippen LogP contribution in [0.2, 0.25) is 0 Å². The molecule has 0 saturated carbocycles. The Kier molecular flexibility index (Phi) is 11.7. The van der Waals surface area contributed by atoms with E-state index in [0.717, 1.165) is 0 Å². The molecule has 0 spiro atoms. The second-order valence-electron chi connectivity index (χ2n) is 8.82. The van der Waals surface area contributed by atoms with Crippen molar-refractivity contribution in [3.63, 3.8) is 0 Å². The van der Waals surface area contributed by atoms with E-state index in [4.69, 9.17) is 34.4 Å². The average molecular weight is 429 g/mol. The summed E-state index contributed by atoms with van der Waals surface area (Å²) in [5.41, 5.74) is 5.04. The highest BCUT2D eigenvalue weighted by molar-refractivity contribution is 6.63. The summed E-state index contributed by atoms with van der Waals surface area (Å²) in [6, 6.07) is 4.28. The van der Waals surface area contributed by atoms with Gasteiger partial charge in [0.2, 0.25) is 0 Å². The number of nitrogens with two attached hydrogens (primary N) is 1. The molecule has 0 aromatic heterocycles. The maximum atomic E-state index is 13.5. The van der Waals surface area contributed by atoms with E-state index in [1.165, 1.54) is 12.1 Å². The number of halogens is 1. The molecule has 1 aliphatic heterocycles. The fourth-order valence-electron chi connectivity index (χ4n) is 2.18. The summed E-state index contributed by atoms with van der Waals surface area (Å²) in [6.45, 7) is 16.5. The second-order valence-corrected chi connectivity index (χ2v) is 8.82. The van der Waals surface area contributed by atoms with Gasteiger partial charge in [-0.1, -0.05) is 6.07 Å². The Bertz CT molecular complexity index is 614. The maximum Gasteiger partial charge on any atom is 0.498 e. The van der Waals surface area contributed by atoms with Crippen LogP contribution in [-0.4, -0.2) is 62.2 Å². The summed E-state index contributed by atoms with van der Waals surface area (Å²) in [6.07, 6.45) is 0. The number of carbonyl (C=O) groups excluding carboxylic acids is 1. The van der Waals surface area contributed by atoms with Gasteiger partial charge < -0.3 is 34.4 Å². The van der Waals surface area contributed by atoms with Crippen molar-refractivity contribution in [1.82, 2.24) is 0 Å². The third-order valence-electron chi connectivity index (χ3n) is 4.20. The van der Waals surface area contributed by atoms with Crippen LogP contribution in [0.25, 0.3) is 0 Å². The molecule has 1 saturated heterocycles. The number of benzene rings is 1. The first kappa shape index (κ1) is 28.5. The minimum absolute atomic E-state index is 0. The summed E-state index contributed by atoms with van der Waals surface area (Å²) in [5.74, 6) is -0.0207. The molecular formula is C21H37BFNO6. The molecule has 9 heteroatoms. The summed E-state index contributed by atoms with van der Waals surface area (Å²) in [7, 11) is -0.617. The highest BCUT2D eigenvalue weighted by Gasteiger charge is 2.52. The summed E-state index contributed by atoms with van der Waals surface area (Å²) < 4.78 is 36.3. The van der Waals surface area contributed by atoms with Gasteiger partial charge in [0.25, 0.3) is 0 Å². The van der Waals surface area contributed by atoms with Gasteiger partial charge in [0.15, 0.2) is 0 Å². The van der Waals surface area contributed by atoms with Crippen LogP contribution in [0.5, 0.6) is 5.75 Å². The summed E-state index contributed by atoms with van der Waals surface area (Å²) >= 11 is 0. The van der Waals surface area contributed by atoms with E-state index in [1.807, 2.05) is 55.3 Å². The molecule has 0 aliphatic carbocycles. The normalized spacial score (nSPS) is 16.8. The van der Waals surface area contributed by atoms with Crippen molar-refractivity contribution in [2.45, 2.75) is 65.2 Å². The average Bonchev–Trinajstić information content (AvgIpc) is 2.82. The topological polar surface area (TPSA) is 100 Å². The molecule has 0 bridgehead atoms. The number of hydrogen-bond acceptors (Lipinski definition) is 7. The number of aliphatic hydroxyl groups excluding tert-OH is 1. The molecule has 1 fully saturated rings. The van der Waals surface area contributed by atoms with E-state index in [1.54, 1.807) is 6.07 Å². The maximum absolute atomic E-state index is 13.5. The van der Waals surface area contributed by atoms with Gasteiger partial charge in [0.1, 0.15) is 25.0 Å². The van der Waals surface area contributed by atoms with E-state index in [0.29, 0.717) is 17.8 Å². The molecule has 30 heavy (non-hydrogen) atoms. The third-order valence-corrected chi connectivity index (χ3v) is 4.20. The van der Waals surface area contributed by atoms with Crippen LogP contribution in [0.1, 0.15) is 48.5 Å². The largest absolute Gasteiger partial charge is 0.498 e. The second kappa shape index (κ2) is 12.4. The summed E-state index contributed by atoms with van der Waals surface area (Å²) in [4.78, 5) is 8.00. The number of rotatable bonds is 7. The first-order chi connectivity index (χ1) is 13.8. The number of carbonyl (C=O) groups is 1. The fourth-order valence-corrected chi connectivity index (χ4v) is 2.18. The molecule has 0 unspecified atom stereocenters. The van der Waals surface area contributed by atoms with Gasteiger partial charge in [-0.2, -0.15) is 0 Å². The van der Waals surface area contributed by atoms with Gasteiger partial charge in [-0.3, -0.25) is 0 Å². The standard InChI is InChI=1S/C16H24BFO5.C4H11N.CH2O/c1-15(2)16(3,4)23-17(22-15)13-6-5-12(18)11-14(13)21-10-9-20-8-7-19;1-4(2,3)5;1-2/h5-6,11,19H,7-10H2,1-4H3;5H2,1-3H3;1H2. The van der Waals surface area contributed by atoms with Gasteiger partial charge in [-0.25, -0.2) is 4.39 Å². The van der Waals surface area contributed by atoms with Crippen LogP contribution in [0.3, 0.4) is 0 Å². The number of ether oxygens (including phenoxy) is 2. The van der Waals surface area contributed by atoms with Crippen molar-refractivity contribution in [3.8, 4) is 5.75 Å². The smallest absolute Gasteiger partial charge is 0.491 e. The van der Waals surface area contributed by atoms with Gasteiger partial charge in [0.05, 0.1) is 31.0 Å². The van der Waals surface area contributed by atoms with Gasteiger partial charge in [-0.15, -0.1) is 0 Å². The SMILES string of the molecule is C=O.CC(C)(C)N.CC1(C)OB(c2ccc(F)cc2OCCOCCO)OC1(C)C. The molecule has 3 N–H and O–H groups in total. The van der Waals surface area contributed by atoms with Crippen LogP contribution >= 0.6 is 0 Å². The Hall–Kier alpha value is -1.52. The van der Waals surface area contributed by atoms with Gasteiger partial charge in [-0.05, 0) is 54.5 Å². The van der Waals surface area contributed by atoms with Crippen molar-refractivity contribution < 1.29 is 33.1 Å². The fraction of sp³-hybridized carbons (Fsp3) is 0.667. The van der Waals surface area contributed by atoms with Crippen LogP contribution in [-0.2, 0) is 18.8 Å². The molecule has 2 rings (SSSR count). The van der Waals surface area contributed by atoms with E-state index < -0.39 is 24.1 Å². The Labute approximate surface area is 180 Å². The van der Waals surface area contributed by atoms with Crippen molar-refractivity contribution in [2.24, 2.45) is 5.73 Å². The van der Waals surface area contributed by atoms with Crippen molar-refractivity contribution in [2.75, 3.05) is 26.4 Å². The van der Waals surface area contributed by atoms with Gasteiger partial charge in [0, 0.05) is 17.1 Å². The molecule has 0 amide bonds. The van der Waals surface area contributed by atoms with Crippen molar-refractivity contribution in [3.05, 3.63) is 24.0 Å². The summed E-state index contributed by atoms with van der Waals surface area (Å²) in [5, 5.41) is 8.66. The highest BCUT2D eigenvalue weighted by atomic mass is 19.1. The predicted molar refractivity (Wildman–Crippen MR) is 117 cm³/mol. The lowest BCUT2D eigenvalue weighted by Gasteiger charge is -2.32. The van der Waals surface area contributed by atoms with E-state index in [-0.39, 0.29) is 25.4 Å². The first-order valence-corrected chi connectivity index (χ1v) is 9.81. The molecular weight excluding hydrogens is 392 g/mol. The highest BCUT2D eigenvalue weighted by Crippen LogP contribution is 2.37. The Balaban J connectivity index is 0.00000105. The van der Waals surface area contributed by atoms with Crippen LogP contribution in [0, 0.1) is 5.82 Å². The van der Waals surface area contributed by atoms with E-state index in [2.05, 4.69) is 0 Å². The lowest BCUT2D eigenvalue weighted by atomic mass is 9.78. The Morgan fingerprint density at radius 2 is 1.60 bits per heavy atom. The predicted octanol–water partition coefficient (Wildman–Crippen LogP) is 2.07. The van der Waals surface area contributed by atoms with Crippen LogP contribution in [0.15, 0.2) is 18.2 Å². The molecule has 7 nitrogen and oxygen atoms in total. The van der Waals surface area contributed by atoms with Crippen molar-refractivity contribution >= 4 is 19.4 Å². The molecule has 0 atom stereocenters. The molecule has 172 valence electrons. The molecule has 1 heterocycles. The molecule has 1 aromatic carbocycles. The van der Waals surface area contributed by atoms with Gasteiger partial charge >= 0.3 is 7.12 Å². The zero-order valence-corrected chi connectivity index (χ0v) is 19.3. The minimum atomic E-state index is -0.617. The molecule has 0 radical (unpaired) electrons. The number of hydrogen-bond donors (Lipinski definition) is 2. The Morgan fingerprint density at radius 1 is 1.10 bits per heavy atom. The third kappa shape index (κ3) is 10.00. The number of aliphatic hydroxyl groups is 1. The van der Waals surface area contributed by atoms with E-state index in [9.17, 15) is 4.39 Å².